The SMILES string of the molecule is CS(=O)(=O)Cc1onc(N)c1-c1cccc(F)c1. The van der Waals surface area contributed by atoms with Gasteiger partial charge in [-0.2, -0.15) is 0 Å². The molecule has 0 spiro atoms. The quantitative estimate of drug-likeness (QED) is 0.915. The molecule has 1 aromatic carbocycles. The molecular formula is C11H11FN2O3S. The Morgan fingerprint density at radius 2 is 2.17 bits per heavy atom. The Kier molecular flexibility index (Phi) is 3.08. The standard InChI is InChI=1S/C11H11FN2O3S/c1-18(15,16)6-9-10(11(13)14-17-9)7-3-2-4-8(12)5-7/h2-5H,6H2,1H3,(H2,13,14). The molecule has 2 rings (SSSR count). The normalized spacial score (nSPS) is 11.7. The van der Waals surface area contributed by atoms with E-state index in [1.807, 2.05) is 0 Å². The van der Waals surface area contributed by atoms with Crippen molar-refractivity contribution in [3.05, 3.63) is 35.8 Å². The van der Waals surface area contributed by atoms with Gasteiger partial charge in [-0.1, -0.05) is 17.3 Å². The number of hydrogen-bond acceptors (Lipinski definition) is 5. The van der Waals surface area contributed by atoms with Crippen molar-refractivity contribution in [1.82, 2.24) is 5.16 Å². The fourth-order valence-corrected chi connectivity index (χ4v) is 2.30. The molecule has 0 atom stereocenters. The molecule has 1 aromatic heterocycles. The van der Waals surface area contributed by atoms with Crippen molar-refractivity contribution in [2.45, 2.75) is 5.75 Å². The third-order valence-electron chi connectivity index (χ3n) is 2.30. The number of aromatic nitrogens is 1. The lowest BCUT2D eigenvalue weighted by molar-refractivity contribution is 0.396. The molecule has 2 N–H and O–H groups in total. The molecule has 0 fully saturated rings. The topological polar surface area (TPSA) is 86.2 Å². The Bertz CT molecular complexity index is 679. The molecule has 18 heavy (non-hydrogen) atoms. The van der Waals surface area contributed by atoms with Crippen LogP contribution in [0.15, 0.2) is 28.8 Å². The largest absolute Gasteiger partial charge is 0.380 e. The number of hydrogen-bond donors (Lipinski definition) is 1. The van der Waals surface area contributed by atoms with Crippen LogP contribution in [-0.4, -0.2) is 19.8 Å². The van der Waals surface area contributed by atoms with E-state index in [0.717, 1.165) is 6.26 Å². The zero-order valence-corrected chi connectivity index (χ0v) is 10.4. The Balaban J connectivity index is 2.54. The van der Waals surface area contributed by atoms with Crippen molar-refractivity contribution in [3.63, 3.8) is 0 Å². The fraction of sp³-hybridized carbons (Fsp3) is 0.182. The second kappa shape index (κ2) is 4.41. The fourth-order valence-electron chi connectivity index (χ4n) is 1.63. The summed E-state index contributed by atoms with van der Waals surface area (Å²) in [6, 6.07) is 5.64. The highest BCUT2D eigenvalue weighted by atomic mass is 32.2. The van der Waals surface area contributed by atoms with Crippen LogP contribution in [-0.2, 0) is 15.6 Å². The zero-order valence-electron chi connectivity index (χ0n) is 9.55. The molecular weight excluding hydrogens is 259 g/mol. The van der Waals surface area contributed by atoms with Gasteiger partial charge in [0.2, 0.25) is 0 Å². The molecule has 0 amide bonds. The Hall–Kier alpha value is -1.89. The maximum absolute atomic E-state index is 13.2. The summed E-state index contributed by atoms with van der Waals surface area (Å²) in [6.45, 7) is 0. The van der Waals surface area contributed by atoms with Gasteiger partial charge in [-0.05, 0) is 17.7 Å². The summed E-state index contributed by atoms with van der Waals surface area (Å²) >= 11 is 0. The first-order valence-electron chi connectivity index (χ1n) is 5.04. The molecule has 0 saturated heterocycles. The van der Waals surface area contributed by atoms with E-state index in [0.29, 0.717) is 11.1 Å². The van der Waals surface area contributed by atoms with Crippen molar-refractivity contribution in [2.24, 2.45) is 0 Å². The summed E-state index contributed by atoms with van der Waals surface area (Å²) < 4.78 is 40.6. The van der Waals surface area contributed by atoms with Crippen molar-refractivity contribution in [1.29, 1.82) is 0 Å². The third-order valence-corrected chi connectivity index (χ3v) is 3.08. The molecule has 2 aromatic rings. The zero-order chi connectivity index (χ0) is 13.3. The minimum atomic E-state index is -3.29. The number of benzene rings is 1. The first-order chi connectivity index (χ1) is 8.37. The maximum Gasteiger partial charge on any atom is 0.175 e. The smallest absolute Gasteiger partial charge is 0.175 e. The van der Waals surface area contributed by atoms with Gasteiger partial charge in [0.05, 0.1) is 5.56 Å². The van der Waals surface area contributed by atoms with Crippen molar-refractivity contribution < 1.29 is 17.3 Å². The van der Waals surface area contributed by atoms with E-state index >= 15 is 0 Å². The lowest BCUT2D eigenvalue weighted by Crippen LogP contribution is -2.01. The molecule has 0 aliphatic carbocycles. The summed E-state index contributed by atoms with van der Waals surface area (Å²) in [5.41, 5.74) is 6.38. The molecule has 0 saturated carbocycles. The second-order valence-corrected chi connectivity index (χ2v) is 6.09. The molecule has 0 radical (unpaired) electrons. The molecule has 0 unspecified atom stereocenters. The monoisotopic (exact) mass is 270 g/mol. The van der Waals surface area contributed by atoms with Crippen LogP contribution in [0.25, 0.3) is 11.1 Å². The highest BCUT2D eigenvalue weighted by Gasteiger charge is 2.19. The number of rotatable bonds is 3. The lowest BCUT2D eigenvalue weighted by Gasteiger charge is -2.02. The summed E-state index contributed by atoms with van der Waals surface area (Å²) in [6.07, 6.45) is 1.07. The van der Waals surface area contributed by atoms with Gasteiger partial charge in [0, 0.05) is 6.26 Å². The van der Waals surface area contributed by atoms with Gasteiger partial charge in [0.25, 0.3) is 0 Å². The highest BCUT2D eigenvalue weighted by Crippen LogP contribution is 2.30. The van der Waals surface area contributed by atoms with Crippen molar-refractivity contribution >= 4 is 15.7 Å². The van der Waals surface area contributed by atoms with E-state index in [2.05, 4.69) is 5.16 Å². The van der Waals surface area contributed by atoms with Crippen LogP contribution in [0, 0.1) is 5.82 Å². The molecule has 7 heteroatoms. The Morgan fingerprint density at radius 1 is 1.44 bits per heavy atom. The van der Waals surface area contributed by atoms with Gasteiger partial charge in [-0.25, -0.2) is 12.8 Å². The van der Waals surface area contributed by atoms with Crippen molar-refractivity contribution in [2.75, 3.05) is 12.0 Å². The molecule has 0 aliphatic heterocycles. The van der Waals surface area contributed by atoms with E-state index in [1.165, 1.54) is 18.2 Å². The molecule has 5 nitrogen and oxygen atoms in total. The van der Waals surface area contributed by atoms with Crippen molar-refractivity contribution in [3.8, 4) is 11.1 Å². The van der Waals surface area contributed by atoms with Crippen LogP contribution in [0.2, 0.25) is 0 Å². The number of anilines is 1. The van der Waals surface area contributed by atoms with Crippen LogP contribution in [0.1, 0.15) is 5.76 Å². The van der Waals surface area contributed by atoms with Crippen LogP contribution in [0.5, 0.6) is 0 Å². The molecule has 96 valence electrons. The first kappa shape index (κ1) is 12.6. The molecule has 0 bridgehead atoms. The number of nitrogen functional groups attached to an aromatic ring is 1. The summed E-state index contributed by atoms with van der Waals surface area (Å²) in [7, 11) is -3.29. The van der Waals surface area contributed by atoms with Gasteiger partial charge < -0.3 is 10.3 Å². The average molecular weight is 270 g/mol. The van der Waals surface area contributed by atoms with E-state index in [-0.39, 0.29) is 17.3 Å². The third kappa shape index (κ3) is 2.67. The van der Waals surface area contributed by atoms with E-state index in [4.69, 9.17) is 10.3 Å². The number of sulfone groups is 1. The Morgan fingerprint density at radius 3 is 2.78 bits per heavy atom. The average Bonchev–Trinajstić information content (AvgIpc) is 2.57. The van der Waals surface area contributed by atoms with E-state index in [9.17, 15) is 12.8 Å². The lowest BCUT2D eigenvalue weighted by atomic mass is 10.1. The van der Waals surface area contributed by atoms with Gasteiger partial charge in [0.15, 0.2) is 21.4 Å². The summed E-state index contributed by atoms with van der Waals surface area (Å²) in [5.74, 6) is -0.624. The predicted molar refractivity (Wildman–Crippen MR) is 64.9 cm³/mol. The molecule has 0 aliphatic rings. The van der Waals surface area contributed by atoms with Gasteiger partial charge >= 0.3 is 0 Å². The van der Waals surface area contributed by atoms with Crippen LogP contribution in [0.3, 0.4) is 0 Å². The maximum atomic E-state index is 13.2. The summed E-state index contributed by atoms with van der Waals surface area (Å²) in [5, 5.41) is 3.52. The minimum absolute atomic E-state index is 0.0410. The Labute approximate surface area is 103 Å². The van der Waals surface area contributed by atoms with E-state index in [1.54, 1.807) is 6.07 Å². The second-order valence-electron chi connectivity index (χ2n) is 3.95. The minimum Gasteiger partial charge on any atom is -0.380 e. The number of nitrogens with two attached hydrogens (primary N) is 1. The van der Waals surface area contributed by atoms with Crippen LogP contribution < -0.4 is 5.73 Å². The van der Waals surface area contributed by atoms with Gasteiger partial charge in [-0.15, -0.1) is 0 Å². The highest BCUT2D eigenvalue weighted by molar-refractivity contribution is 7.89. The van der Waals surface area contributed by atoms with Crippen LogP contribution in [0.4, 0.5) is 10.2 Å². The van der Waals surface area contributed by atoms with Gasteiger partial charge in [-0.3, -0.25) is 0 Å². The number of halogens is 1. The van der Waals surface area contributed by atoms with E-state index < -0.39 is 15.7 Å². The summed E-state index contributed by atoms with van der Waals surface area (Å²) in [4.78, 5) is 0. The predicted octanol–water partition coefficient (Wildman–Crippen LogP) is 1.61. The first-order valence-corrected chi connectivity index (χ1v) is 7.10. The van der Waals surface area contributed by atoms with Crippen LogP contribution >= 0.6 is 0 Å². The molecule has 1 heterocycles. The number of nitrogens with zero attached hydrogens (tertiary/aromatic N) is 1. The van der Waals surface area contributed by atoms with Gasteiger partial charge in [0.1, 0.15) is 11.6 Å².